The van der Waals surface area contributed by atoms with Gasteiger partial charge < -0.3 is 23.3 Å². The van der Waals surface area contributed by atoms with Crippen molar-refractivity contribution in [1.29, 1.82) is 0 Å². The molecule has 4 heterocycles. The SMILES string of the molecule is CCn1cc(C(=O)OCc2cc(-c3ccc4c(c3)OCO4)on2)c(=O)c2ccc(C)nc21. The number of pyridine rings is 2. The molecule has 0 radical (unpaired) electrons. The highest BCUT2D eigenvalue weighted by Gasteiger charge is 2.19. The second kappa shape index (κ2) is 7.84. The van der Waals surface area contributed by atoms with Gasteiger partial charge in [0, 0.05) is 30.1 Å². The van der Waals surface area contributed by atoms with Crippen molar-refractivity contribution in [3.8, 4) is 22.8 Å². The van der Waals surface area contributed by atoms with Gasteiger partial charge in [-0.2, -0.15) is 0 Å². The van der Waals surface area contributed by atoms with Crippen LogP contribution in [0.25, 0.3) is 22.4 Å². The first-order valence-corrected chi connectivity index (χ1v) is 10.1. The monoisotopic (exact) mass is 433 g/mol. The summed E-state index contributed by atoms with van der Waals surface area (Å²) < 4.78 is 23.2. The Labute approximate surface area is 182 Å². The molecule has 3 aromatic heterocycles. The highest BCUT2D eigenvalue weighted by Crippen LogP contribution is 2.36. The molecule has 32 heavy (non-hydrogen) atoms. The lowest BCUT2D eigenvalue weighted by atomic mass is 10.1. The Morgan fingerprint density at radius 1 is 1.16 bits per heavy atom. The van der Waals surface area contributed by atoms with Crippen molar-refractivity contribution in [3.05, 3.63) is 69.8 Å². The van der Waals surface area contributed by atoms with E-state index in [4.69, 9.17) is 18.7 Å². The molecule has 4 aromatic rings. The van der Waals surface area contributed by atoms with E-state index < -0.39 is 11.4 Å². The predicted molar refractivity (Wildman–Crippen MR) is 114 cm³/mol. The van der Waals surface area contributed by atoms with Gasteiger partial charge >= 0.3 is 5.97 Å². The number of esters is 1. The Bertz CT molecular complexity index is 1400. The number of carbonyl (C=O) groups excluding carboxylic acids is 1. The Balaban J connectivity index is 1.35. The van der Waals surface area contributed by atoms with Crippen LogP contribution in [0.2, 0.25) is 0 Å². The lowest BCUT2D eigenvalue weighted by molar-refractivity contribution is 0.0462. The van der Waals surface area contributed by atoms with Crippen LogP contribution in [-0.4, -0.2) is 27.5 Å². The number of aromatic nitrogens is 3. The number of fused-ring (bicyclic) bond motifs is 2. The third kappa shape index (κ3) is 3.47. The standard InChI is InChI=1S/C23H19N3O6/c1-3-26-10-17(21(27)16-6-4-13(2)24-22(16)26)23(28)29-11-15-9-19(32-25-15)14-5-7-18-20(8-14)31-12-30-18/h4-10H,3,11-12H2,1-2H3. The zero-order chi connectivity index (χ0) is 22.2. The molecular weight excluding hydrogens is 414 g/mol. The van der Waals surface area contributed by atoms with Crippen LogP contribution in [0.3, 0.4) is 0 Å². The molecule has 9 nitrogen and oxygen atoms in total. The molecule has 0 unspecified atom stereocenters. The Hall–Kier alpha value is -4.14. The summed E-state index contributed by atoms with van der Waals surface area (Å²) in [6, 6.07) is 10.5. The summed E-state index contributed by atoms with van der Waals surface area (Å²) in [5.74, 6) is 1.06. The zero-order valence-corrected chi connectivity index (χ0v) is 17.5. The summed E-state index contributed by atoms with van der Waals surface area (Å²) in [5.41, 5.74) is 2.04. The van der Waals surface area contributed by atoms with Gasteiger partial charge in [0.05, 0.1) is 5.39 Å². The average molecular weight is 433 g/mol. The maximum absolute atomic E-state index is 12.8. The van der Waals surface area contributed by atoms with Crippen LogP contribution in [0.15, 0.2) is 51.9 Å². The van der Waals surface area contributed by atoms with Crippen LogP contribution in [0.5, 0.6) is 11.5 Å². The van der Waals surface area contributed by atoms with Gasteiger partial charge in [-0.15, -0.1) is 0 Å². The third-order valence-corrected chi connectivity index (χ3v) is 5.19. The van der Waals surface area contributed by atoms with Crippen molar-refractivity contribution in [3.63, 3.8) is 0 Å². The number of aryl methyl sites for hydroxylation is 2. The van der Waals surface area contributed by atoms with Crippen LogP contribution >= 0.6 is 0 Å². The Kier molecular flexibility index (Phi) is 4.85. The Morgan fingerprint density at radius 3 is 2.84 bits per heavy atom. The van der Waals surface area contributed by atoms with E-state index >= 15 is 0 Å². The lowest BCUT2D eigenvalue weighted by Crippen LogP contribution is -2.21. The number of nitrogens with zero attached hydrogens (tertiary/aromatic N) is 3. The fraction of sp³-hybridized carbons (Fsp3) is 0.217. The van der Waals surface area contributed by atoms with E-state index in [1.807, 2.05) is 19.9 Å². The molecule has 0 saturated heterocycles. The van der Waals surface area contributed by atoms with Crippen LogP contribution in [0.4, 0.5) is 0 Å². The third-order valence-electron chi connectivity index (χ3n) is 5.19. The van der Waals surface area contributed by atoms with Crippen molar-refractivity contribution >= 4 is 17.0 Å². The number of hydrogen-bond acceptors (Lipinski definition) is 8. The average Bonchev–Trinajstić information content (AvgIpc) is 3.46. The first-order valence-electron chi connectivity index (χ1n) is 10.1. The smallest absolute Gasteiger partial charge is 0.344 e. The van der Waals surface area contributed by atoms with E-state index in [2.05, 4.69) is 10.1 Å². The lowest BCUT2D eigenvalue weighted by Gasteiger charge is -2.10. The maximum Gasteiger partial charge on any atom is 0.344 e. The van der Waals surface area contributed by atoms with Gasteiger partial charge in [0.15, 0.2) is 17.3 Å². The molecule has 0 saturated carbocycles. The topological polar surface area (TPSA) is 106 Å². The number of benzene rings is 1. The molecular formula is C23H19N3O6. The van der Waals surface area contributed by atoms with Gasteiger partial charge in [-0.1, -0.05) is 5.16 Å². The fourth-order valence-corrected chi connectivity index (χ4v) is 3.53. The van der Waals surface area contributed by atoms with Crippen molar-refractivity contribution < 1.29 is 23.5 Å². The van der Waals surface area contributed by atoms with E-state index in [0.29, 0.717) is 40.5 Å². The van der Waals surface area contributed by atoms with Crippen molar-refractivity contribution in [2.45, 2.75) is 27.0 Å². The van der Waals surface area contributed by atoms with E-state index in [1.54, 1.807) is 34.9 Å². The first kappa shape index (κ1) is 19.8. The second-order valence-corrected chi connectivity index (χ2v) is 7.31. The van der Waals surface area contributed by atoms with Gasteiger partial charge in [-0.25, -0.2) is 9.78 Å². The Morgan fingerprint density at radius 2 is 2.00 bits per heavy atom. The van der Waals surface area contributed by atoms with Crippen LogP contribution in [-0.2, 0) is 17.9 Å². The molecule has 162 valence electrons. The molecule has 0 N–H and O–H groups in total. The van der Waals surface area contributed by atoms with E-state index in [0.717, 1.165) is 11.3 Å². The minimum atomic E-state index is -0.729. The molecule has 0 aliphatic carbocycles. The fourth-order valence-electron chi connectivity index (χ4n) is 3.53. The molecule has 0 spiro atoms. The number of hydrogen-bond donors (Lipinski definition) is 0. The molecule has 5 rings (SSSR count). The minimum Gasteiger partial charge on any atom is -0.455 e. The van der Waals surface area contributed by atoms with Crippen molar-refractivity contribution in [2.75, 3.05) is 6.79 Å². The molecule has 1 aliphatic heterocycles. The van der Waals surface area contributed by atoms with E-state index in [-0.39, 0.29) is 19.0 Å². The van der Waals surface area contributed by atoms with Gasteiger partial charge in [0.1, 0.15) is 23.5 Å². The van der Waals surface area contributed by atoms with Crippen molar-refractivity contribution in [1.82, 2.24) is 14.7 Å². The van der Waals surface area contributed by atoms with E-state index in [9.17, 15) is 9.59 Å². The van der Waals surface area contributed by atoms with Gasteiger partial charge in [0.2, 0.25) is 12.2 Å². The van der Waals surface area contributed by atoms with Gasteiger partial charge in [0.25, 0.3) is 0 Å². The summed E-state index contributed by atoms with van der Waals surface area (Å²) >= 11 is 0. The highest BCUT2D eigenvalue weighted by molar-refractivity contribution is 5.93. The molecule has 9 heteroatoms. The maximum atomic E-state index is 12.8. The summed E-state index contributed by atoms with van der Waals surface area (Å²) in [6.45, 7) is 4.36. The van der Waals surface area contributed by atoms with Gasteiger partial charge in [-0.3, -0.25) is 4.79 Å². The quantitative estimate of drug-likeness (QED) is 0.441. The molecule has 0 fully saturated rings. The number of rotatable bonds is 5. The first-order chi connectivity index (χ1) is 15.5. The predicted octanol–water partition coefficient (Wildman–Crippen LogP) is 3.47. The summed E-state index contributed by atoms with van der Waals surface area (Å²) in [5, 5.41) is 4.32. The minimum absolute atomic E-state index is 0.0514. The largest absolute Gasteiger partial charge is 0.455 e. The second-order valence-electron chi connectivity index (χ2n) is 7.31. The van der Waals surface area contributed by atoms with E-state index in [1.165, 1.54) is 6.20 Å². The molecule has 0 amide bonds. The molecule has 0 atom stereocenters. The zero-order valence-electron chi connectivity index (χ0n) is 17.5. The van der Waals surface area contributed by atoms with Crippen LogP contribution in [0.1, 0.15) is 28.7 Å². The molecule has 1 aliphatic rings. The summed E-state index contributed by atoms with van der Waals surface area (Å²) in [4.78, 5) is 29.9. The highest BCUT2D eigenvalue weighted by atomic mass is 16.7. The van der Waals surface area contributed by atoms with Crippen LogP contribution in [0, 0.1) is 6.92 Å². The van der Waals surface area contributed by atoms with Crippen molar-refractivity contribution in [2.24, 2.45) is 0 Å². The normalized spacial score (nSPS) is 12.3. The summed E-state index contributed by atoms with van der Waals surface area (Å²) in [6.07, 6.45) is 1.49. The van der Waals surface area contributed by atoms with Crippen LogP contribution < -0.4 is 14.9 Å². The van der Waals surface area contributed by atoms with Gasteiger partial charge in [-0.05, 0) is 44.2 Å². The summed E-state index contributed by atoms with van der Waals surface area (Å²) in [7, 11) is 0. The number of ether oxygens (including phenoxy) is 3. The molecule has 0 bridgehead atoms. The number of carbonyl (C=O) groups is 1. The molecule has 1 aromatic carbocycles.